The molecule has 1 heterocycles. The summed E-state index contributed by atoms with van der Waals surface area (Å²) in [5.74, 6) is 0. The number of rotatable bonds is 5. The number of nitrogens with zero attached hydrogens (tertiary/aromatic N) is 2. The van der Waals surface area contributed by atoms with Crippen molar-refractivity contribution in [3.8, 4) is 0 Å². The maximum Gasteiger partial charge on any atom is 0.402 e. The number of aromatic nitrogens is 2. The number of alkyl halides is 3. The number of aliphatic hydroxyl groups excluding tert-OH is 1. The highest BCUT2D eigenvalue weighted by Gasteiger charge is 2.39. The molecule has 0 aliphatic rings. The summed E-state index contributed by atoms with van der Waals surface area (Å²) in [4.78, 5) is 0. The summed E-state index contributed by atoms with van der Waals surface area (Å²) in [5, 5.41) is 14.0. The Balaban J connectivity index is 3.21. The molecule has 0 saturated heterocycles. The number of H-pyrrole nitrogens is 1. The van der Waals surface area contributed by atoms with Crippen LogP contribution >= 0.6 is 0 Å². The van der Waals surface area contributed by atoms with Crippen molar-refractivity contribution in [1.82, 2.24) is 14.5 Å². The first-order chi connectivity index (χ1) is 8.59. The predicted octanol–water partition coefficient (Wildman–Crippen LogP) is 0.863. The van der Waals surface area contributed by atoms with E-state index in [0.29, 0.717) is 4.31 Å². The molecule has 0 bridgehead atoms. The Labute approximate surface area is 108 Å². The normalized spacial score (nSPS) is 13.5. The average Bonchev–Trinajstić information content (AvgIpc) is 2.72. The molecule has 110 valence electrons. The molecule has 0 aliphatic heterocycles. The van der Waals surface area contributed by atoms with E-state index >= 15 is 0 Å². The molecule has 0 radical (unpaired) electrons. The van der Waals surface area contributed by atoms with Crippen LogP contribution < -0.4 is 0 Å². The Morgan fingerprint density at radius 3 is 2.47 bits per heavy atom. The monoisotopic (exact) mass is 301 g/mol. The van der Waals surface area contributed by atoms with Gasteiger partial charge in [-0.1, -0.05) is 0 Å². The third-order valence-electron chi connectivity index (χ3n) is 2.33. The predicted molar refractivity (Wildman–Crippen MR) is 59.6 cm³/mol. The second kappa shape index (κ2) is 5.47. The summed E-state index contributed by atoms with van der Waals surface area (Å²) >= 11 is 0. The van der Waals surface area contributed by atoms with Gasteiger partial charge < -0.3 is 5.11 Å². The van der Waals surface area contributed by atoms with E-state index in [1.54, 1.807) is 0 Å². The fraction of sp³-hybridized carbons (Fsp3) is 0.667. The van der Waals surface area contributed by atoms with Gasteiger partial charge in [-0.3, -0.25) is 5.10 Å². The van der Waals surface area contributed by atoms with Crippen LogP contribution in [0.2, 0.25) is 0 Å². The fourth-order valence-corrected chi connectivity index (χ4v) is 3.20. The Morgan fingerprint density at radius 2 is 2.05 bits per heavy atom. The zero-order valence-corrected chi connectivity index (χ0v) is 11.1. The van der Waals surface area contributed by atoms with Crippen molar-refractivity contribution in [2.24, 2.45) is 0 Å². The number of hydrogen-bond acceptors (Lipinski definition) is 4. The fourth-order valence-electron chi connectivity index (χ4n) is 1.47. The van der Waals surface area contributed by atoms with E-state index in [0.717, 1.165) is 6.20 Å². The third-order valence-corrected chi connectivity index (χ3v) is 4.36. The lowest BCUT2D eigenvalue weighted by atomic mass is 10.4. The first-order valence-corrected chi connectivity index (χ1v) is 6.75. The molecule has 19 heavy (non-hydrogen) atoms. The van der Waals surface area contributed by atoms with Crippen LogP contribution in [0.25, 0.3) is 0 Å². The quantitative estimate of drug-likeness (QED) is 0.844. The van der Waals surface area contributed by atoms with Crippen molar-refractivity contribution in [3.63, 3.8) is 0 Å². The molecule has 0 aromatic carbocycles. The van der Waals surface area contributed by atoms with Gasteiger partial charge in [-0.25, -0.2) is 8.42 Å². The molecule has 0 saturated carbocycles. The minimum absolute atomic E-state index is 0.0761. The van der Waals surface area contributed by atoms with Crippen LogP contribution in [0.5, 0.6) is 0 Å². The summed E-state index contributed by atoms with van der Waals surface area (Å²) < 4.78 is 61.9. The van der Waals surface area contributed by atoms with E-state index in [1.165, 1.54) is 13.8 Å². The van der Waals surface area contributed by atoms with Gasteiger partial charge in [-0.2, -0.15) is 22.6 Å². The lowest BCUT2D eigenvalue weighted by molar-refractivity contribution is -0.138. The molecule has 0 aliphatic carbocycles. The molecule has 0 unspecified atom stereocenters. The number of aromatic amines is 1. The Kier molecular flexibility index (Phi) is 4.59. The largest absolute Gasteiger partial charge is 0.402 e. The lowest BCUT2D eigenvalue weighted by Crippen LogP contribution is -2.43. The molecule has 1 aromatic rings. The third kappa shape index (κ3) is 3.67. The van der Waals surface area contributed by atoms with Gasteiger partial charge in [-0.15, -0.1) is 0 Å². The van der Waals surface area contributed by atoms with Gasteiger partial charge in [0, 0.05) is 11.6 Å². The van der Waals surface area contributed by atoms with Crippen molar-refractivity contribution in [2.75, 3.05) is 6.54 Å². The minimum Gasteiger partial charge on any atom is -0.392 e. The van der Waals surface area contributed by atoms with Crippen LogP contribution in [-0.2, 0) is 16.6 Å². The first-order valence-electron chi connectivity index (χ1n) is 5.31. The van der Waals surface area contributed by atoms with E-state index < -0.39 is 40.4 Å². The molecular formula is C9H14F3N3O3S. The molecule has 0 spiro atoms. The van der Waals surface area contributed by atoms with Crippen LogP contribution in [0, 0.1) is 0 Å². The summed E-state index contributed by atoms with van der Waals surface area (Å²) in [5.41, 5.74) is -0.0761. The standard InChI is InChI=1S/C9H14F3N3O3S/c1-6(2)15(5-9(10,11)12)19(17,18)8-7(4-16)3-13-14-8/h3,6,16H,4-5H2,1-2H3,(H,13,14). The van der Waals surface area contributed by atoms with E-state index in [2.05, 4.69) is 10.2 Å². The molecule has 2 N–H and O–H groups in total. The van der Waals surface area contributed by atoms with E-state index in [1.807, 2.05) is 0 Å². The van der Waals surface area contributed by atoms with E-state index in [9.17, 15) is 21.6 Å². The second-order valence-electron chi connectivity index (χ2n) is 4.14. The Bertz CT molecular complexity index is 524. The molecular weight excluding hydrogens is 287 g/mol. The minimum atomic E-state index is -4.66. The van der Waals surface area contributed by atoms with E-state index in [4.69, 9.17) is 5.11 Å². The Morgan fingerprint density at radius 1 is 1.47 bits per heavy atom. The molecule has 1 rings (SSSR count). The van der Waals surface area contributed by atoms with Crippen molar-refractivity contribution in [3.05, 3.63) is 11.8 Å². The zero-order chi connectivity index (χ0) is 14.8. The second-order valence-corrected chi connectivity index (χ2v) is 5.97. The first kappa shape index (κ1) is 15.9. The summed E-state index contributed by atoms with van der Waals surface area (Å²) in [6, 6.07) is -0.888. The summed E-state index contributed by atoms with van der Waals surface area (Å²) in [6.07, 6.45) is -3.60. The summed E-state index contributed by atoms with van der Waals surface area (Å²) in [7, 11) is -4.40. The van der Waals surface area contributed by atoms with Crippen LogP contribution in [-0.4, -0.2) is 46.8 Å². The average molecular weight is 301 g/mol. The van der Waals surface area contributed by atoms with Gasteiger partial charge in [0.15, 0.2) is 5.03 Å². The van der Waals surface area contributed by atoms with Gasteiger partial charge in [-0.05, 0) is 13.8 Å². The summed E-state index contributed by atoms with van der Waals surface area (Å²) in [6.45, 7) is 0.427. The van der Waals surface area contributed by atoms with Crippen LogP contribution in [0.15, 0.2) is 11.2 Å². The highest BCUT2D eigenvalue weighted by molar-refractivity contribution is 7.89. The van der Waals surface area contributed by atoms with Gasteiger partial charge in [0.2, 0.25) is 0 Å². The molecule has 0 amide bonds. The maximum absolute atomic E-state index is 12.4. The number of sulfonamides is 1. The van der Waals surface area contributed by atoms with Crippen LogP contribution in [0.4, 0.5) is 13.2 Å². The zero-order valence-electron chi connectivity index (χ0n) is 10.3. The smallest absolute Gasteiger partial charge is 0.392 e. The highest BCUT2D eigenvalue weighted by Crippen LogP contribution is 2.25. The molecule has 0 fully saturated rings. The number of hydrogen-bond donors (Lipinski definition) is 2. The number of aliphatic hydroxyl groups is 1. The Hall–Kier alpha value is -1.13. The number of nitrogens with one attached hydrogen (secondary N) is 1. The lowest BCUT2D eigenvalue weighted by Gasteiger charge is -2.26. The van der Waals surface area contributed by atoms with E-state index in [-0.39, 0.29) is 5.56 Å². The van der Waals surface area contributed by atoms with Gasteiger partial charge >= 0.3 is 6.18 Å². The van der Waals surface area contributed by atoms with Crippen LogP contribution in [0.3, 0.4) is 0 Å². The van der Waals surface area contributed by atoms with Gasteiger partial charge in [0.05, 0.1) is 12.8 Å². The molecule has 10 heteroatoms. The SMILES string of the molecule is CC(C)N(CC(F)(F)F)S(=O)(=O)c1[nH]ncc1CO. The maximum atomic E-state index is 12.4. The van der Waals surface area contributed by atoms with Crippen molar-refractivity contribution < 1.29 is 26.7 Å². The molecule has 0 atom stereocenters. The van der Waals surface area contributed by atoms with Crippen LogP contribution in [0.1, 0.15) is 19.4 Å². The topological polar surface area (TPSA) is 86.3 Å². The molecule has 1 aromatic heterocycles. The van der Waals surface area contributed by atoms with Gasteiger partial charge in [0.25, 0.3) is 10.0 Å². The van der Waals surface area contributed by atoms with Gasteiger partial charge in [0.1, 0.15) is 6.54 Å². The van der Waals surface area contributed by atoms with Crippen molar-refractivity contribution >= 4 is 10.0 Å². The molecule has 6 nitrogen and oxygen atoms in total. The number of halogens is 3. The highest BCUT2D eigenvalue weighted by atomic mass is 32.2. The van der Waals surface area contributed by atoms with Crippen molar-refractivity contribution in [2.45, 2.75) is 37.7 Å². The van der Waals surface area contributed by atoms with Crippen molar-refractivity contribution in [1.29, 1.82) is 0 Å².